The minimum absolute atomic E-state index is 0. The molecule has 0 bridgehead atoms. The molecule has 0 saturated carbocycles. The van der Waals surface area contributed by atoms with Crippen LogP contribution >= 0.6 is 11.8 Å². The zero-order chi connectivity index (χ0) is 41.5. The summed E-state index contributed by atoms with van der Waals surface area (Å²) in [7, 11) is 0. The van der Waals surface area contributed by atoms with Gasteiger partial charge in [0.1, 0.15) is 13.2 Å². The Hall–Kier alpha value is -2.03. The Morgan fingerprint density at radius 1 is 0.533 bits per heavy atom. The van der Waals surface area contributed by atoms with Crippen LogP contribution in [0.4, 0.5) is 0 Å². The van der Waals surface area contributed by atoms with E-state index >= 15 is 0 Å². The van der Waals surface area contributed by atoms with E-state index in [1.807, 2.05) is 13.8 Å². The number of carbonyl (C=O) groups is 4. The van der Waals surface area contributed by atoms with Crippen molar-refractivity contribution in [3.63, 3.8) is 0 Å². The van der Waals surface area contributed by atoms with Crippen LogP contribution in [-0.2, 0) is 38.1 Å². The van der Waals surface area contributed by atoms with Crippen LogP contribution in [0.1, 0.15) is 244 Å². The molecule has 9 heteroatoms. The van der Waals surface area contributed by atoms with E-state index in [2.05, 4.69) is 20.4 Å². The third-order valence-corrected chi connectivity index (χ3v) is 11.7. The fraction of sp³-hybridized carbons (Fsp3) is 0.882. The maximum absolute atomic E-state index is 13.5. The van der Waals surface area contributed by atoms with E-state index < -0.39 is 23.3 Å². The number of carbonyl (C=O) groups excluding carboxylic acids is 4. The van der Waals surface area contributed by atoms with Crippen LogP contribution < -0.4 is 0 Å². The number of hydrogen-bond acceptors (Lipinski definition) is 9. The monoisotopic (exact) mass is 875 g/mol. The maximum atomic E-state index is 13.5. The number of ether oxygens (including phenoxy) is 4. The highest BCUT2D eigenvalue weighted by Gasteiger charge is 2.38. The Bertz CT molecular complexity index is 1000. The molecule has 0 aliphatic rings. The summed E-state index contributed by atoms with van der Waals surface area (Å²) in [5.74, 6) is -1.11. The summed E-state index contributed by atoms with van der Waals surface area (Å²) in [6, 6.07) is 0. The van der Waals surface area contributed by atoms with Gasteiger partial charge in [0.05, 0.1) is 31.0 Å². The first-order chi connectivity index (χ1) is 27.1. The summed E-state index contributed by atoms with van der Waals surface area (Å²) in [5, 5.41) is 0. The van der Waals surface area contributed by atoms with Gasteiger partial charge in [-0.3, -0.25) is 14.4 Å². The second kappa shape index (κ2) is 48.0. The third-order valence-electron chi connectivity index (χ3n) is 10.4. The Labute approximate surface area is 378 Å². The van der Waals surface area contributed by atoms with Gasteiger partial charge in [0, 0.05) is 17.1 Å². The Kier molecular flexibility index (Phi) is 53.7. The molecule has 0 fully saturated rings. The molecule has 0 aromatic carbocycles. The van der Waals surface area contributed by atoms with E-state index in [0.717, 1.165) is 32.1 Å². The predicted molar refractivity (Wildman–Crippen MR) is 261 cm³/mol. The summed E-state index contributed by atoms with van der Waals surface area (Å²) in [5.41, 5.74) is -0.617. The average molecular weight is 875 g/mol. The topological polar surface area (TPSA) is 105 Å². The minimum Gasteiger partial charge on any atom is -0.465 e. The molecule has 60 heavy (non-hydrogen) atoms. The molecule has 0 aromatic rings. The Balaban J connectivity index is -0.00000252. The van der Waals surface area contributed by atoms with Crippen LogP contribution in [0.15, 0.2) is 12.2 Å². The van der Waals surface area contributed by atoms with Crippen LogP contribution in [-0.4, -0.2) is 61.8 Å². The molecule has 360 valence electrons. The summed E-state index contributed by atoms with van der Waals surface area (Å²) in [4.78, 5) is 50.0. The number of rotatable bonds is 41. The van der Waals surface area contributed by atoms with Crippen LogP contribution in [0, 0.1) is 11.3 Å². The van der Waals surface area contributed by atoms with Crippen LogP contribution in [0.25, 0.3) is 0 Å². The summed E-state index contributed by atoms with van der Waals surface area (Å²) in [6.45, 7) is 14.2. The van der Waals surface area contributed by atoms with Gasteiger partial charge in [0.25, 0.3) is 0 Å². The lowest BCUT2D eigenvalue weighted by Crippen LogP contribution is -2.36. The Morgan fingerprint density at radius 2 is 0.917 bits per heavy atom. The lowest BCUT2D eigenvalue weighted by molar-refractivity contribution is -0.157. The smallest absolute Gasteiger partial charge is 0.333 e. The first kappa shape index (κ1) is 67.1. The maximum Gasteiger partial charge on any atom is 0.333 e. The van der Waals surface area contributed by atoms with Crippen molar-refractivity contribution in [2.45, 2.75) is 244 Å². The van der Waals surface area contributed by atoms with Crippen molar-refractivity contribution in [1.82, 2.24) is 0 Å². The van der Waals surface area contributed by atoms with E-state index in [1.165, 1.54) is 147 Å². The molecule has 8 nitrogen and oxygen atoms in total. The zero-order valence-corrected chi connectivity index (χ0v) is 37.8. The highest BCUT2D eigenvalue weighted by atomic mass is 32.2. The van der Waals surface area contributed by atoms with Gasteiger partial charge in [0.2, 0.25) is 0 Å². The van der Waals surface area contributed by atoms with Crippen molar-refractivity contribution in [1.29, 1.82) is 0 Å². The van der Waals surface area contributed by atoms with E-state index in [1.54, 1.807) is 6.92 Å². The van der Waals surface area contributed by atoms with Gasteiger partial charge in [0.15, 0.2) is 0 Å². The van der Waals surface area contributed by atoms with Gasteiger partial charge in [-0.1, -0.05) is 211 Å². The van der Waals surface area contributed by atoms with Gasteiger partial charge < -0.3 is 18.9 Å². The largest absolute Gasteiger partial charge is 0.465 e. The molecule has 0 heterocycles. The Morgan fingerprint density at radius 3 is 1.32 bits per heavy atom. The fourth-order valence-corrected chi connectivity index (χ4v) is 7.82. The molecule has 0 aliphatic carbocycles. The van der Waals surface area contributed by atoms with Gasteiger partial charge >= 0.3 is 23.9 Å². The molecule has 0 saturated heterocycles. The second-order valence-electron chi connectivity index (χ2n) is 16.4. The van der Waals surface area contributed by atoms with E-state index in [0.29, 0.717) is 31.1 Å². The van der Waals surface area contributed by atoms with E-state index in [-0.39, 0.29) is 66.9 Å². The molecule has 0 N–H and O–H groups in total. The highest BCUT2D eigenvalue weighted by molar-refractivity contribution is 7.99. The van der Waals surface area contributed by atoms with Crippen molar-refractivity contribution in [3.8, 4) is 0 Å². The van der Waals surface area contributed by atoms with E-state index in [9.17, 15) is 19.2 Å². The summed E-state index contributed by atoms with van der Waals surface area (Å²) < 4.78 is 21.7. The average Bonchev–Trinajstić information content (AvgIpc) is 3.17. The first-order valence-corrected chi connectivity index (χ1v) is 24.1. The SMILES string of the molecule is C.C.C.C.C=C(C)C(=O)OCCC(=O)OCCSCC(C)(CC(C)C(=O)OCCCCCCCCCCCCCCCCCC)C(=O)OCCCCCCCCCCCC. The normalized spacial score (nSPS) is 11.9. The van der Waals surface area contributed by atoms with Crippen LogP contribution in [0.3, 0.4) is 0 Å². The number of hydrogen-bond donors (Lipinski definition) is 0. The number of esters is 4. The minimum atomic E-state index is -0.892. The molecule has 0 aromatic heterocycles. The lowest BCUT2D eigenvalue weighted by atomic mass is 9.83. The lowest BCUT2D eigenvalue weighted by Gasteiger charge is -2.29. The van der Waals surface area contributed by atoms with Gasteiger partial charge in [-0.2, -0.15) is 11.8 Å². The molecular weight excluding hydrogens is 773 g/mol. The van der Waals surface area contributed by atoms with Crippen LogP contribution in [0.5, 0.6) is 0 Å². The van der Waals surface area contributed by atoms with Crippen LogP contribution in [0.2, 0.25) is 0 Å². The predicted octanol–water partition coefficient (Wildman–Crippen LogP) is 15.6. The number of thioether (sulfide) groups is 1. The van der Waals surface area contributed by atoms with Gasteiger partial charge in [-0.25, -0.2) is 4.79 Å². The number of unbranched alkanes of at least 4 members (excludes halogenated alkanes) is 24. The van der Waals surface area contributed by atoms with Crippen molar-refractivity contribution >= 4 is 35.6 Å². The summed E-state index contributed by atoms with van der Waals surface area (Å²) >= 11 is 1.49. The standard InChI is InChI=1S/C47H86O8S.4CH4/c1-7-9-11-13-15-17-19-20-21-22-23-24-26-27-29-31-34-53-45(50)42(5)39-47(6,40-56-38-37-52-43(48)33-36-54-44(49)41(3)4)46(51)55-35-32-30-28-25-18-16-14-12-10-8-2;;;;/h42H,3,7-40H2,1-2,4-6H3;4*1H4. The van der Waals surface area contributed by atoms with Gasteiger partial charge in [-0.05, 0) is 33.1 Å². The third kappa shape index (κ3) is 41.3. The molecule has 0 rings (SSSR count). The molecule has 2 atom stereocenters. The van der Waals surface area contributed by atoms with Crippen molar-refractivity contribution in [3.05, 3.63) is 12.2 Å². The molecule has 0 aliphatic heterocycles. The molecule has 2 unspecified atom stereocenters. The van der Waals surface area contributed by atoms with E-state index in [4.69, 9.17) is 18.9 Å². The van der Waals surface area contributed by atoms with Gasteiger partial charge in [-0.15, -0.1) is 0 Å². The molecule has 0 spiro atoms. The zero-order valence-electron chi connectivity index (χ0n) is 37.0. The van der Waals surface area contributed by atoms with Crippen molar-refractivity contribution < 1.29 is 38.1 Å². The highest BCUT2D eigenvalue weighted by Crippen LogP contribution is 2.33. The molecule has 0 amide bonds. The van der Waals surface area contributed by atoms with Crippen molar-refractivity contribution in [2.24, 2.45) is 11.3 Å². The quantitative estimate of drug-likeness (QED) is 0.0257. The van der Waals surface area contributed by atoms with Crippen molar-refractivity contribution in [2.75, 3.05) is 37.9 Å². The molecular formula is C51H102O8S. The first-order valence-electron chi connectivity index (χ1n) is 23.0. The molecule has 0 radical (unpaired) electrons. The second-order valence-corrected chi connectivity index (χ2v) is 17.5. The fourth-order valence-electron chi connectivity index (χ4n) is 6.79. The summed E-state index contributed by atoms with van der Waals surface area (Å²) in [6.07, 6.45) is 33.1.